The molecular weight excluding hydrogens is 402 g/mol. The number of carbonyl (C=O) groups is 3. The van der Waals surface area contributed by atoms with Gasteiger partial charge in [-0.3, -0.25) is 14.4 Å². The number of anilines is 1. The van der Waals surface area contributed by atoms with E-state index in [1.54, 1.807) is 6.92 Å². The minimum atomic E-state index is -0.791. The molecule has 1 heterocycles. The van der Waals surface area contributed by atoms with Crippen LogP contribution in [0, 0.1) is 0 Å². The molecule has 0 saturated heterocycles. The van der Waals surface area contributed by atoms with Crippen molar-refractivity contribution in [3.05, 3.63) is 46.5 Å². The number of benzene rings is 1. The third-order valence-corrected chi connectivity index (χ3v) is 6.26. The van der Waals surface area contributed by atoms with Gasteiger partial charge >= 0.3 is 0 Å². The summed E-state index contributed by atoms with van der Waals surface area (Å²) < 4.78 is 3.92. The molecule has 160 valence electrons. The van der Waals surface area contributed by atoms with Crippen molar-refractivity contribution in [2.24, 2.45) is 5.73 Å². The number of amides is 3. The van der Waals surface area contributed by atoms with Crippen LogP contribution in [0.4, 0.5) is 5.69 Å². The summed E-state index contributed by atoms with van der Waals surface area (Å²) in [6, 6.07) is 8.81. The first kappa shape index (κ1) is 21.8. The lowest BCUT2D eigenvalue weighted by Gasteiger charge is -2.31. The van der Waals surface area contributed by atoms with Gasteiger partial charge in [-0.2, -0.15) is 4.37 Å². The molecule has 0 aliphatic heterocycles. The van der Waals surface area contributed by atoms with Gasteiger partial charge in [0, 0.05) is 12.6 Å². The second kappa shape index (κ2) is 9.71. The molecular formula is C21H27N5O3S. The fraction of sp³-hybridized carbons (Fsp3) is 0.429. The predicted molar refractivity (Wildman–Crippen MR) is 116 cm³/mol. The highest BCUT2D eigenvalue weighted by atomic mass is 32.1. The summed E-state index contributed by atoms with van der Waals surface area (Å²) in [6.07, 6.45) is 5.29. The molecule has 1 aromatic heterocycles. The van der Waals surface area contributed by atoms with E-state index in [2.05, 4.69) is 9.69 Å². The van der Waals surface area contributed by atoms with Crippen LogP contribution in [0.25, 0.3) is 0 Å². The van der Waals surface area contributed by atoms with E-state index in [0.29, 0.717) is 0 Å². The summed E-state index contributed by atoms with van der Waals surface area (Å²) in [4.78, 5) is 39.3. The minimum absolute atomic E-state index is 0.0459. The molecule has 0 unspecified atom stereocenters. The van der Waals surface area contributed by atoms with Crippen LogP contribution >= 0.6 is 11.5 Å². The van der Waals surface area contributed by atoms with Crippen LogP contribution in [0.15, 0.2) is 30.3 Å². The highest BCUT2D eigenvalue weighted by molar-refractivity contribution is 7.09. The highest BCUT2D eigenvalue weighted by Crippen LogP contribution is 2.25. The number of nitrogens with two attached hydrogens (primary N) is 2. The summed E-state index contributed by atoms with van der Waals surface area (Å²) in [7, 11) is 0. The molecule has 8 nitrogen and oxygen atoms in total. The summed E-state index contributed by atoms with van der Waals surface area (Å²) in [5.41, 5.74) is 11.9. The Hall–Kier alpha value is -2.94. The Kier molecular flexibility index (Phi) is 7.04. The van der Waals surface area contributed by atoms with Crippen molar-refractivity contribution in [3.63, 3.8) is 0 Å². The largest absolute Gasteiger partial charge is 0.395 e. The quantitative estimate of drug-likeness (QED) is 0.621. The molecule has 1 aliphatic carbocycles. The van der Waals surface area contributed by atoms with E-state index in [0.717, 1.165) is 42.8 Å². The highest BCUT2D eigenvalue weighted by Gasteiger charge is 2.32. The number of nitrogen functional groups attached to an aromatic ring is 1. The van der Waals surface area contributed by atoms with Gasteiger partial charge in [0.15, 0.2) is 5.69 Å². The minimum Gasteiger partial charge on any atom is -0.395 e. The first-order valence-electron chi connectivity index (χ1n) is 10.1. The number of carbonyl (C=O) groups excluding carboxylic acids is 3. The van der Waals surface area contributed by atoms with Gasteiger partial charge in [0.1, 0.15) is 10.9 Å². The molecule has 1 aliphatic rings. The SMILES string of the molecule is C[C@@H](C(=O)NC1CCCCC1)N(Cc1ccccc1)C(=O)c1snc(C(N)=O)c1N. The summed E-state index contributed by atoms with van der Waals surface area (Å²) in [5, 5.41) is 3.08. The summed E-state index contributed by atoms with van der Waals surface area (Å²) in [5.74, 6) is -1.45. The van der Waals surface area contributed by atoms with Crippen LogP contribution in [-0.2, 0) is 11.3 Å². The molecule has 5 N–H and O–H groups in total. The molecule has 0 bridgehead atoms. The second-order valence-electron chi connectivity index (χ2n) is 7.58. The van der Waals surface area contributed by atoms with Crippen molar-refractivity contribution in [3.8, 4) is 0 Å². The zero-order valence-electron chi connectivity index (χ0n) is 17.0. The van der Waals surface area contributed by atoms with Crippen molar-refractivity contribution in [1.29, 1.82) is 0 Å². The van der Waals surface area contributed by atoms with Crippen LogP contribution in [0.5, 0.6) is 0 Å². The van der Waals surface area contributed by atoms with Crippen molar-refractivity contribution in [2.75, 3.05) is 5.73 Å². The lowest BCUT2D eigenvalue weighted by molar-refractivity contribution is -0.126. The van der Waals surface area contributed by atoms with Crippen LogP contribution in [0.1, 0.15) is 64.8 Å². The lowest BCUT2D eigenvalue weighted by Crippen LogP contribution is -2.50. The van der Waals surface area contributed by atoms with E-state index in [-0.39, 0.29) is 34.8 Å². The number of hydrogen-bond acceptors (Lipinski definition) is 6. The number of nitrogens with one attached hydrogen (secondary N) is 1. The maximum Gasteiger partial charge on any atom is 0.270 e. The van der Waals surface area contributed by atoms with Crippen LogP contribution in [-0.4, -0.2) is 39.1 Å². The third kappa shape index (κ3) is 4.96. The first-order valence-corrected chi connectivity index (χ1v) is 10.9. The Bertz CT molecular complexity index is 909. The molecule has 30 heavy (non-hydrogen) atoms. The van der Waals surface area contributed by atoms with Crippen molar-refractivity contribution < 1.29 is 14.4 Å². The Morgan fingerprint density at radius 3 is 2.47 bits per heavy atom. The monoisotopic (exact) mass is 429 g/mol. The van der Waals surface area contributed by atoms with Gasteiger partial charge < -0.3 is 21.7 Å². The fourth-order valence-corrected chi connectivity index (χ4v) is 4.40. The van der Waals surface area contributed by atoms with Gasteiger partial charge in [-0.1, -0.05) is 49.6 Å². The molecule has 9 heteroatoms. The molecule has 3 rings (SSSR count). The number of aromatic nitrogens is 1. The summed E-state index contributed by atoms with van der Waals surface area (Å²) in [6.45, 7) is 1.92. The maximum absolute atomic E-state index is 13.3. The number of primary amides is 1. The number of nitrogens with zero attached hydrogens (tertiary/aromatic N) is 2. The van der Waals surface area contributed by atoms with Gasteiger partial charge in [0.05, 0.1) is 5.69 Å². The summed E-state index contributed by atoms with van der Waals surface area (Å²) >= 11 is 0.818. The average molecular weight is 430 g/mol. The van der Waals surface area contributed by atoms with Gasteiger partial charge in [-0.25, -0.2) is 0 Å². The molecule has 0 spiro atoms. The molecule has 0 radical (unpaired) electrons. The van der Waals surface area contributed by atoms with Gasteiger partial charge in [-0.05, 0) is 36.9 Å². The maximum atomic E-state index is 13.3. The Morgan fingerprint density at radius 1 is 1.20 bits per heavy atom. The van der Waals surface area contributed by atoms with Crippen LogP contribution in [0.2, 0.25) is 0 Å². The molecule has 2 aromatic rings. The van der Waals surface area contributed by atoms with Gasteiger partial charge in [-0.15, -0.1) is 0 Å². The molecule has 1 saturated carbocycles. The van der Waals surface area contributed by atoms with E-state index in [1.165, 1.54) is 11.3 Å². The molecule has 1 atom stereocenters. The predicted octanol–water partition coefficient (Wildman–Crippen LogP) is 2.30. The molecule has 3 amide bonds. The Balaban J connectivity index is 1.84. The average Bonchev–Trinajstić information content (AvgIpc) is 3.14. The van der Waals surface area contributed by atoms with Crippen molar-refractivity contribution in [1.82, 2.24) is 14.6 Å². The Labute approximate surface area is 179 Å². The van der Waals surface area contributed by atoms with E-state index in [4.69, 9.17) is 11.5 Å². The van der Waals surface area contributed by atoms with Gasteiger partial charge in [0.2, 0.25) is 5.91 Å². The number of rotatable bonds is 7. The smallest absolute Gasteiger partial charge is 0.270 e. The molecule has 1 fully saturated rings. The zero-order chi connectivity index (χ0) is 21.7. The fourth-order valence-electron chi connectivity index (χ4n) is 3.63. The van der Waals surface area contributed by atoms with Crippen LogP contribution in [0.3, 0.4) is 0 Å². The van der Waals surface area contributed by atoms with E-state index in [9.17, 15) is 14.4 Å². The lowest BCUT2D eigenvalue weighted by atomic mass is 9.95. The topological polar surface area (TPSA) is 131 Å². The first-order chi connectivity index (χ1) is 14.4. The van der Waals surface area contributed by atoms with E-state index < -0.39 is 17.9 Å². The number of hydrogen-bond donors (Lipinski definition) is 3. The van der Waals surface area contributed by atoms with Crippen LogP contribution < -0.4 is 16.8 Å². The Morgan fingerprint density at radius 2 is 1.87 bits per heavy atom. The van der Waals surface area contributed by atoms with Gasteiger partial charge in [0.25, 0.3) is 11.8 Å². The van der Waals surface area contributed by atoms with Crippen molar-refractivity contribution >= 4 is 34.9 Å². The normalized spacial score (nSPS) is 15.4. The zero-order valence-corrected chi connectivity index (χ0v) is 17.8. The van der Waals surface area contributed by atoms with E-state index >= 15 is 0 Å². The van der Waals surface area contributed by atoms with Crippen molar-refractivity contribution in [2.45, 2.75) is 57.7 Å². The van der Waals surface area contributed by atoms with E-state index in [1.807, 2.05) is 30.3 Å². The second-order valence-corrected chi connectivity index (χ2v) is 8.35. The molecule has 1 aromatic carbocycles. The standard InChI is InChI=1S/C21H27N5O3S/c1-13(20(28)24-15-10-6-3-7-11-15)26(12-14-8-4-2-5-9-14)21(29)18-16(22)17(19(23)27)25-30-18/h2,4-5,8-9,13,15H,3,6-7,10-12,22H2,1H3,(H2,23,27)(H,24,28)/t13-/m0/s1. The third-order valence-electron chi connectivity index (χ3n) is 5.41.